The Hall–Kier alpha value is -1.05. The van der Waals surface area contributed by atoms with Gasteiger partial charge in [-0.25, -0.2) is 0 Å². The molecule has 1 fully saturated rings. The smallest absolute Gasteiger partial charge is 0.223 e. The maximum absolute atomic E-state index is 11.4. The van der Waals surface area contributed by atoms with Gasteiger partial charge in [0.25, 0.3) is 0 Å². The third-order valence-electron chi connectivity index (χ3n) is 2.33. The van der Waals surface area contributed by atoms with E-state index in [1.165, 1.54) is 0 Å². The summed E-state index contributed by atoms with van der Waals surface area (Å²) in [5, 5.41) is 0. The van der Waals surface area contributed by atoms with Gasteiger partial charge < -0.3 is 4.90 Å². The van der Waals surface area contributed by atoms with E-state index in [2.05, 4.69) is 13.2 Å². The SMILES string of the molecule is C=CCC1CCC(=O)N1CC(=C)C. The van der Waals surface area contributed by atoms with Gasteiger partial charge in [0.2, 0.25) is 5.91 Å². The van der Waals surface area contributed by atoms with Gasteiger partial charge in [-0.15, -0.1) is 6.58 Å². The second-order valence-corrected chi connectivity index (χ2v) is 3.70. The van der Waals surface area contributed by atoms with Crippen LogP contribution in [0, 0.1) is 0 Å². The molecule has 1 rings (SSSR count). The van der Waals surface area contributed by atoms with Crippen LogP contribution < -0.4 is 0 Å². The van der Waals surface area contributed by atoms with E-state index in [1.807, 2.05) is 17.9 Å². The predicted octanol–water partition coefficient (Wildman–Crippen LogP) is 2.13. The van der Waals surface area contributed by atoms with Gasteiger partial charge in [0.05, 0.1) is 0 Å². The minimum atomic E-state index is 0.259. The van der Waals surface area contributed by atoms with Crippen LogP contribution >= 0.6 is 0 Å². The fourth-order valence-electron chi connectivity index (χ4n) is 1.74. The van der Waals surface area contributed by atoms with Crippen molar-refractivity contribution in [2.75, 3.05) is 6.54 Å². The number of carbonyl (C=O) groups is 1. The molecule has 1 saturated heterocycles. The van der Waals surface area contributed by atoms with E-state index < -0.39 is 0 Å². The molecule has 1 amide bonds. The highest BCUT2D eigenvalue weighted by Gasteiger charge is 2.29. The lowest BCUT2D eigenvalue weighted by Crippen LogP contribution is -2.33. The lowest BCUT2D eigenvalue weighted by atomic mass is 10.1. The highest BCUT2D eigenvalue weighted by atomic mass is 16.2. The van der Waals surface area contributed by atoms with Crippen molar-refractivity contribution in [2.45, 2.75) is 32.2 Å². The molecule has 0 N–H and O–H groups in total. The predicted molar refractivity (Wildman–Crippen MR) is 54.4 cm³/mol. The Morgan fingerprint density at radius 2 is 2.46 bits per heavy atom. The molecule has 2 nitrogen and oxygen atoms in total. The lowest BCUT2D eigenvalue weighted by Gasteiger charge is -2.23. The Kier molecular flexibility index (Phi) is 3.29. The van der Waals surface area contributed by atoms with Crippen LogP contribution in [0.1, 0.15) is 26.2 Å². The number of hydrogen-bond acceptors (Lipinski definition) is 1. The van der Waals surface area contributed by atoms with Gasteiger partial charge in [-0.05, 0) is 19.8 Å². The van der Waals surface area contributed by atoms with Crippen molar-refractivity contribution in [3.8, 4) is 0 Å². The van der Waals surface area contributed by atoms with Gasteiger partial charge in [-0.2, -0.15) is 0 Å². The van der Waals surface area contributed by atoms with Crippen molar-refractivity contribution < 1.29 is 4.79 Å². The van der Waals surface area contributed by atoms with E-state index in [0.717, 1.165) is 18.4 Å². The number of likely N-dealkylation sites (tertiary alicyclic amines) is 1. The number of hydrogen-bond donors (Lipinski definition) is 0. The van der Waals surface area contributed by atoms with Gasteiger partial charge >= 0.3 is 0 Å². The van der Waals surface area contributed by atoms with E-state index in [0.29, 0.717) is 19.0 Å². The first-order chi connectivity index (χ1) is 6.15. The van der Waals surface area contributed by atoms with Crippen molar-refractivity contribution >= 4 is 5.91 Å². The molecule has 1 heterocycles. The molecular weight excluding hydrogens is 162 g/mol. The van der Waals surface area contributed by atoms with Crippen LogP contribution in [0.15, 0.2) is 24.8 Å². The Bertz CT molecular complexity index is 232. The third kappa shape index (κ3) is 2.44. The van der Waals surface area contributed by atoms with Crippen LogP contribution in [0.25, 0.3) is 0 Å². The number of rotatable bonds is 4. The van der Waals surface area contributed by atoms with Crippen molar-refractivity contribution in [2.24, 2.45) is 0 Å². The topological polar surface area (TPSA) is 20.3 Å². The van der Waals surface area contributed by atoms with Crippen molar-refractivity contribution in [3.05, 3.63) is 24.8 Å². The van der Waals surface area contributed by atoms with Crippen LogP contribution in [-0.2, 0) is 4.79 Å². The Morgan fingerprint density at radius 3 is 3.00 bits per heavy atom. The molecule has 0 bridgehead atoms. The summed E-state index contributed by atoms with van der Waals surface area (Å²) in [5.74, 6) is 0.259. The molecule has 0 aromatic rings. The molecule has 2 heteroatoms. The first-order valence-electron chi connectivity index (χ1n) is 4.70. The van der Waals surface area contributed by atoms with E-state index in [-0.39, 0.29) is 5.91 Å². The van der Waals surface area contributed by atoms with E-state index in [1.54, 1.807) is 0 Å². The van der Waals surface area contributed by atoms with Crippen LogP contribution in [0.5, 0.6) is 0 Å². The quantitative estimate of drug-likeness (QED) is 0.605. The van der Waals surface area contributed by atoms with Crippen molar-refractivity contribution in [1.82, 2.24) is 4.90 Å². The third-order valence-corrected chi connectivity index (χ3v) is 2.33. The Balaban J connectivity index is 2.59. The van der Waals surface area contributed by atoms with Crippen LogP contribution in [0.3, 0.4) is 0 Å². The minimum Gasteiger partial charge on any atom is -0.335 e. The summed E-state index contributed by atoms with van der Waals surface area (Å²) >= 11 is 0. The Morgan fingerprint density at radius 1 is 1.77 bits per heavy atom. The molecule has 0 aliphatic carbocycles. The largest absolute Gasteiger partial charge is 0.335 e. The second kappa shape index (κ2) is 4.26. The average molecular weight is 179 g/mol. The zero-order chi connectivity index (χ0) is 9.84. The molecule has 1 unspecified atom stereocenters. The molecule has 1 atom stereocenters. The number of nitrogens with zero attached hydrogens (tertiary/aromatic N) is 1. The molecule has 0 aromatic heterocycles. The highest BCUT2D eigenvalue weighted by Crippen LogP contribution is 2.22. The molecule has 13 heavy (non-hydrogen) atoms. The monoisotopic (exact) mass is 179 g/mol. The van der Waals surface area contributed by atoms with E-state index >= 15 is 0 Å². The maximum atomic E-state index is 11.4. The zero-order valence-electron chi connectivity index (χ0n) is 8.25. The molecular formula is C11H17NO. The summed E-state index contributed by atoms with van der Waals surface area (Å²) in [7, 11) is 0. The first kappa shape index (κ1) is 10.0. The standard InChI is InChI=1S/C11H17NO/c1-4-5-10-6-7-11(13)12(10)8-9(2)3/h4,10H,1-2,5-8H2,3H3. The van der Waals surface area contributed by atoms with Gasteiger partial charge in [0.15, 0.2) is 0 Å². The molecule has 72 valence electrons. The van der Waals surface area contributed by atoms with E-state index in [4.69, 9.17) is 0 Å². The van der Waals surface area contributed by atoms with E-state index in [9.17, 15) is 4.79 Å². The number of carbonyl (C=O) groups excluding carboxylic acids is 1. The number of amides is 1. The van der Waals surface area contributed by atoms with Gasteiger partial charge in [0, 0.05) is 19.0 Å². The maximum Gasteiger partial charge on any atom is 0.223 e. The molecule has 0 aromatic carbocycles. The summed E-state index contributed by atoms with van der Waals surface area (Å²) in [6, 6.07) is 0.363. The summed E-state index contributed by atoms with van der Waals surface area (Å²) < 4.78 is 0. The molecule has 0 saturated carbocycles. The van der Waals surface area contributed by atoms with Gasteiger partial charge in [-0.1, -0.05) is 18.2 Å². The summed E-state index contributed by atoms with van der Waals surface area (Å²) in [6.45, 7) is 10.2. The Labute approximate surface area is 79.9 Å². The molecule has 1 aliphatic rings. The molecule has 0 radical (unpaired) electrons. The molecule has 1 aliphatic heterocycles. The average Bonchev–Trinajstić information content (AvgIpc) is 2.36. The molecule has 0 spiro atoms. The van der Waals surface area contributed by atoms with Crippen LogP contribution in [-0.4, -0.2) is 23.4 Å². The first-order valence-corrected chi connectivity index (χ1v) is 4.70. The van der Waals surface area contributed by atoms with Crippen LogP contribution in [0.2, 0.25) is 0 Å². The van der Waals surface area contributed by atoms with Crippen molar-refractivity contribution in [1.29, 1.82) is 0 Å². The van der Waals surface area contributed by atoms with Gasteiger partial charge in [0.1, 0.15) is 0 Å². The second-order valence-electron chi connectivity index (χ2n) is 3.70. The fraction of sp³-hybridized carbons (Fsp3) is 0.545. The fourth-order valence-corrected chi connectivity index (χ4v) is 1.74. The summed E-state index contributed by atoms with van der Waals surface area (Å²) in [6.07, 6.45) is 4.44. The normalized spacial score (nSPS) is 22.1. The lowest BCUT2D eigenvalue weighted by molar-refractivity contribution is -0.128. The summed E-state index contributed by atoms with van der Waals surface area (Å²) in [4.78, 5) is 13.4. The van der Waals surface area contributed by atoms with Gasteiger partial charge in [-0.3, -0.25) is 4.79 Å². The zero-order valence-corrected chi connectivity index (χ0v) is 8.25. The van der Waals surface area contributed by atoms with Crippen LogP contribution in [0.4, 0.5) is 0 Å². The summed E-state index contributed by atoms with van der Waals surface area (Å²) in [5.41, 5.74) is 1.05. The minimum absolute atomic E-state index is 0.259. The highest BCUT2D eigenvalue weighted by molar-refractivity contribution is 5.79. The van der Waals surface area contributed by atoms with Crippen molar-refractivity contribution in [3.63, 3.8) is 0 Å².